The van der Waals surface area contributed by atoms with E-state index in [2.05, 4.69) is 13.5 Å². The molecule has 1 aromatic carbocycles. The lowest BCUT2D eigenvalue weighted by atomic mass is 10.0. The highest BCUT2D eigenvalue weighted by atomic mass is 32.1. The van der Waals surface area contributed by atoms with Gasteiger partial charge >= 0.3 is 5.97 Å². The van der Waals surface area contributed by atoms with Gasteiger partial charge < -0.3 is 4.74 Å². The van der Waals surface area contributed by atoms with Gasteiger partial charge in [0.25, 0.3) is 0 Å². The van der Waals surface area contributed by atoms with Gasteiger partial charge in [0.2, 0.25) is 0 Å². The summed E-state index contributed by atoms with van der Waals surface area (Å²) < 4.78 is 6.19. The van der Waals surface area contributed by atoms with Gasteiger partial charge in [-0.05, 0) is 44.4 Å². The Morgan fingerprint density at radius 2 is 1.88 bits per heavy atom. The van der Waals surface area contributed by atoms with Crippen LogP contribution in [0.15, 0.2) is 18.7 Å². The number of nitrogens with zero attached hydrogens (tertiary/aromatic N) is 1. The SMILES string of the molecule is C=C(C)c1cc(C(=O)OCC)cc2sc(CCCCCCCC)nc12. The highest BCUT2D eigenvalue weighted by Crippen LogP contribution is 2.31. The van der Waals surface area contributed by atoms with Crippen LogP contribution in [0.25, 0.3) is 15.8 Å². The first-order valence-corrected chi connectivity index (χ1v) is 10.1. The predicted octanol–water partition coefficient (Wildman–Crippen LogP) is 6.41. The van der Waals surface area contributed by atoms with E-state index in [0.717, 1.165) is 32.8 Å². The zero-order valence-electron chi connectivity index (χ0n) is 15.7. The summed E-state index contributed by atoms with van der Waals surface area (Å²) in [6.07, 6.45) is 8.70. The summed E-state index contributed by atoms with van der Waals surface area (Å²) >= 11 is 1.69. The number of allylic oxidation sites excluding steroid dienone is 1. The average molecular weight is 360 g/mol. The van der Waals surface area contributed by atoms with Crippen LogP contribution in [0.5, 0.6) is 0 Å². The molecule has 0 fully saturated rings. The van der Waals surface area contributed by atoms with Crippen molar-refractivity contribution in [3.8, 4) is 0 Å². The number of hydrogen-bond donors (Lipinski definition) is 0. The summed E-state index contributed by atoms with van der Waals surface area (Å²) in [4.78, 5) is 16.9. The van der Waals surface area contributed by atoms with Crippen LogP contribution in [0.1, 0.15) is 80.2 Å². The van der Waals surface area contributed by atoms with E-state index >= 15 is 0 Å². The number of unbranched alkanes of at least 4 members (excludes halogenated alkanes) is 5. The van der Waals surface area contributed by atoms with Crippen LogP contribution in [0.2, 0.25) is 0 Å². The Morgan fingerprint density at radius 3 is 2.56 bits per heavy atom. The first kappa shape index (κ1) is 19.6. The van der Waals surface area contributed by atoms with Crippen molar-refractivity contribution in [1.82, 2.24) is 4.98 Å². The van der Waals surface area contributed by atoms with Gasteiger partial charge in [0.15, 0.2) is 0 Å². The van der Waals surface area contributed by atoms with E-state index in [-0.39, 0.29) is 5.97 Å². The number of benzene rings is 1. The van der Waals surface area contributed by atoms with Gasteiger partial charge in [0.05, 0.1) is 27.4 Å². The molecule has 0 atom stereocenters. The first-order chi connectivity index (χ1) is 12.1. The molecule has 2 aromatic rings. The third-order valence-electron chi connectivity index (χ3n) is 4.25. The third-order valence-corrected chi connectivity index (χ3v) is 5.32. The van der Waals surface area contributed by atoms with Crippen molar-refractivity contribution in [2.75, 3.05) is 6.61 Å². The fraction of sp³-hybridized carbons (Fsp3) is 0.524. The van der Waals surface area contributed by atoms with Crippen LogP contribution in [0.4, 0.5) is 0 Å². The van der Waals surface area contributed by atoms with E-state index in [1.807, 2.05) is 26.0 Å². The Bertz CT molecular complexity index is 733. The second kappa shape index (κ2) is 9.71. The van der Waals surface area contributed by atoms with Crippen LogP contribution in [0.3, 0.4) is 0 Å². The van der Waals surface area contributed by atoms with Crippen LogP contribution in [-0.4, -0.2) is 17.6 Å². The van der Waals surface area contributed by atoms with Gasteiger partial charge in [0, 0.05) is 5.56 Å². The smallest absolute Gasteiger partial charge is 0.338 e. The van der Waals surface area contributed by atoms with Crippen molar-refractivity contribution in [3.63, 3.8) is 0 Å². The number of esters is 1. The summed E-state index contributed by atoms with van der Waals surface area (Å²) in [6.45, 7) is 10.4. The number of carbonyl (C=O) groups excluding carboxylic acids is 1. The first-order valence-electron chi connectivity index (χ1n) is 9.33. The van der Waals surface area contributed by atoms with Gasteiger partial charge in [-0.3, -0.25) is 0 Å². The standard InChI is InChI=1S/C21H29NO2S/c1-5-7-8-9-10-11-12-19-22-20-17(15(3)4)13-16(14-18(20)25-19)21(23)24-6-2/h13-14H,3,5-12H2,1-2,4H3. The van der Waals surface area contributed by atoms with Gasteiger partial charge in [-0.2, -0.15) is 0 Å². The summed E-state index contributed by atoms with van der Waals surface area (Å²) in [7, 11) is 0. The minimum atomic E-state index is -0.280. The molecule has 0 bridgehead atoms. The molecule has 25 heavy (non-hydrogen) atoms. The number of rotatable bonds is 10. The van der Waals surface area contributed by atoms with Crippen molar-refractivity contribution < 1.29 is 9.53 Å². The lowest BCUT2D eigenvalue weighted by molar-refractivity contribution is 0.0526. The average Bonchev–Trinajstić information content (AvgIpc) is 2.99. The second-order valence-corrected chi connectivity index (χ2v) is 7.61. The minimum absolute atomic E-state index is 0.280. The Hall–Kier alpha value is -1.68. The van der Waals surface area contributed by atoms with E-state index in [9.17, 15) is 4.79 Å². The van der Waals surface area contributed by atoms with E-state index in [0.29, 0.717) is 12.2 Å². The molecule has 0 saturated carbocycles. The van der Waals surface area contributed by atoms with Crippen molar-refractivity contribution in [2.24, 2.45) is 0 Å². The molecule has 0 aliphatic rings. The number of thiazole rings is 1. The maximum absolute atomic E-state index is 12.1. The van der Waals surface area contributed by atoms with Crippen molar-refractivity contribution >= 4 is 33.1 Å². The molecule has 0 N–H and O–H groups in total. The molecule has 1 heterocycles. The summed E-state index contributed by atoms with van der Waals surface area (Å²) in [6, 6.07) is 3.76. The number of hydrogen-bond acceptors (Lipinski definition) is 4. The highest BCUT2D eigenvalue weighted by molar-refractivity contribution is 7.18. The zero-order chi connectivity index (χ0) is 18.2. The Balaban J connectivity index is 2.15. The van der Waals surface area contributed by atoms with E-state index in [4.69, 9.17) is 9.72 Å². The molecule has 136 valence electrons. The molecule has 0 spiro atoms. The maximum atomic E-state index is 12.1. The molecule has 0 saturated heterocycles. The molecule has 4 heteroatoms. The topological polar surface area (TPSA) is 39.2 Å². The number of aryl methyl sites for hydroxylation is 1. The molecule has 3 nitrogen and oxygen atoms in total. The van der Waals surface area contributed by atoms with Gasteiger partial charge in [-0.1, -0.05) is 45.6 Å². The molecular formula is C21H29NO2S. The van der Waals surface area contributed by atoms with Crippen molar-refractivity contribution in [1.29, 1.82) is 0 Å². The van der Waals surface area contributed by atoms with Crippen molar-refractivity contribution in [3.05, 3.63) is 34.8 Å². The van der Waals surface area contributed by atoms with Crippen LogP contribution in [0, 0.1) is 0 Å². The lowest BCUT2D eigenvalue weighted by Gasteiger charge is -2.06. The predicted molar refractivity (Wildman–Crippen MR) is 107 cm³/mol. The Kier molecular flexibility index (Phi) is 7.63. The van der Waals surface area contributed by atoms with E-state index in [1.54, 1.807) is 11.3 Å². The normalized spacial score (nSPS) is 11.0. The maximum Gasteiger partial charge on any atom is 0.338 e. The molecule has 2 rings (SSSR count). The Morgan fingerprint density at radius 1 is 1.16 bits per heavy atom. The minimum Gasteiger partial charge on any atom is -0.462 e. The molecule has 0 radical (unpaired) electrons. The molecule has 0 aliphatic heterocycles. The molecule has 0 aliphatic carbocycles. The zero-order valence-corrected chi connectivity index (χ0v) is 16.5. The number of ether oxygens (including phenoxy) is 1. The van der Waals surface area contributed by atoms with E-state index in [1.165, 1.54) is 38.5 Å². The number of carbonyl (C=O) groups is 1. The molecule has 1 aromatic heterocycles. The molecule has 0 unspecified atom stereocenters. The second-order valence-electron chi connectivity index (χ2n) is 6.50. The van der Waals surface area contributed by atoms with Gasteiger partial charge in [0.1, 0.15) is 0 Å². The largest absolute Gasteiger partial charge is 0.462 e. The van der Waals surface area contributed by atoms with Crippen LogP contribution < -0.4 is 0 Å². The van der Waals surface area contributed by atoms with Gasteiger partial charge in [-0.25, -0.2) is 9.78 Å². The van der Waals surface area contributed by atoms with Crippen LogP contribution >= 0.6 is 11.3 Å². The fourth-order valence-corrected chi connectivity index (χ4v) is 3.97. The molecule has 0 amide bonds. The Labute approximate surface area is 155 Å². The third kappa shape index (κ3) is 5.40. The van der Waals surface area contributed by atoms with E-state index < -0.39 is 0 Å². The summed E-state index contributed by atoms with van der Waals surface area (Å²) in [5, 5.41) is 1.15. The number of fused-ring (bicyclic) bond motifs is 1. The summed E-state index contributed by atoms with van der Waals surface area (Å²) in [5.41, 5.74) is 3.42. The fourth-order valence-electron chi connectivity index (χ4n) is 2.90. The lowest BCUT2D eigenvalue weighted by Crippen LogP contribution is -2.05. The monoisotopic (exact) mass is 359 g/mol. The van der Waals surface area contributed by atoms with Crippen LogP contribution in [-0.2, 0) is 11.2 Å². The highest BCUT2D eigenvalue weighted by Gasteiger charge is 2.15. The summed E-state index contributed by atoms with van der Waals surface area (Å²) in [5.74, 6) is -0.280. The number of aromatic nitrogens is 1. The van der Waals surface area contributed by atoms with Crippen molar-refractivity contribution in [2.45, 2.75) is 65.7 Å². The van der Waals surface area contributed by atoms with Gasteiger partial charge in [-0.15, -0.1) is 11.3 Å². The molecular weight excluding hydrogens is 330 g/mol. The quantitative estimate of drug-likeness (QED) is 0.363.